The van der Waals surface area contributed by atoms with Gasteiger partial charge in [-0.2, -0.15) is 0 Å². The summed E-state index contributed by atoms with van der Waals surface area (Å²) in [5.74, 6) is -0.505. The molecular weight excluding hydrogens is 380 g/mol. The van der Waals surface area contributed by atoms with E-state index in [2.05, 4.69) is 10.3 Å². The third-order valence-corrected chi connectivity index (χ3v) is 4.79. The number of hydrogen-bond acceptors (Lipinski definition) is 7. The fourth-order valence-corrected chi connectivity index (χ4v) is 3.38. The smallest absolute Gasteiger partial charge is 0.344 e. The van der Waals surface area contributed by atoms with E-state index in [1.165, 1.54) is 17.5 Å². The molecule has 0 aliphatic heterocycles. The molecule has 4 N–H and O–H groups in total. The molecule has 3 aromatic rings. The summed E-state index contributed by atoms with van der Waals surface area (Å²) in [7, 11) is 0. The number of pyridine rings is 1. The number of aromatic nitrogens is 1. The van der Waals surface area contributed by atoms with Crippen LogP contribution in [0.2, 0.25) is 0 Å². The average Bonchev–Trinajstić information content (AvgIpc) is 3.11. The lowest BCUT2D eigenvalue weighted by molar-refractivity contribution is -0.145. The lowest BCUT2D eigenvalue weighted by Crippen LogP contribution is -2.15. The highest BCUT2D eigenvalue weighted by Crippen LogP contribution is 2.27. The van der Waals surface area contributed by atoms with Crippen LogP contribution in [0.15, 0.2) is 42.6 Å². The molecule has 0 atom stereocenters. The Morgan fingerprint density at radius 2 is 2.07 bits per heavy atom. The predicted octanol–water partition coefficient (Wildman–Crippen LogP) is 2.77. The molecule has 9 heteroatoms. The van der Waals surface area contributed by atoms with Gasteiger partial charge in [-0.3, -0.25) is 10.2 Å². The van der Waals surface area contributed by atoms with Gasteiger partial charge in [0.1, 0.15) is 5.84 Å². The van der Waals surface area contributed by atoms with Crippen molar-refractivity contribution < 1.29 is 19.1 Å². The summed E-state index contributed by atoms with van der Waals surface area (Å²) in [5.41, 5.74) is 6.62. The van der Waals surface area contributed by atoms with Crippen LogP contribution in [-0.2, 0) is 9.53 Å². The van der Waals surface area contributed by atoms with Gasteiger partial charge in [0.2, 0.25) is 5.88 Å². The zero-order chi connectivity index (χ0) is 20.1. The number of esters is 1. The van der Waals surface area contributed by atoms with Gasteiger partial charge in [0.05, 0.1) is 23.4 Å². The number of thiophene rings is 1. The minimum absolute atomic E-state index is 0.0161. The van der Waals surface area contributed by atoms with Crippen molar-refractivity contribution in [2.24, 2.45) is 5.73 Å². The van der Waals surface area contributed by atoms with Gasteiger partial charge < -0.3 is 20.5 Å². The Morgan fingerprint density at radius 3 is 2.75 bits per heavy atom. The maximum atomic E-state index is 12.5. The molecule has 2 aromatic heterocycles. The Morgan fingerprint density at radius 1 is 1.25 bits per heavy atom. The number of carbonyl (C=O) groups excluding carboxylic acids is 2. The zero-order valence-electron chi connectivity index (χ0n) is 15.0. The molecule has 0 radical (unpaired) electrons. The normalized spacial score (nSPS) is 10.5. The van der Waals surface area contributed by atoms with E-state index < -0.39 is 5.97 Å². The molecular formula is C19H18N4O4S. The van der Waals surface area contributed by atoms with Crippen molar-refractivity contribution in [3.63, 3.8) is 0 Å². The first-order valence-electron chi connectivity index (χ1n) is 8.40. The minimum Gasteiger partial charge on any atom is -0.466 e. The van der Waals surface area contributed by atoms with E-state index >= 15 is 0 Å². The van der Waals surface area contributed by atoms with Crippen molar-refractivity contribution in [3.8, 4) is 5.88 Å². The fraction of sp³-hybridized carbons (Fsp3) is 0.158. The predicted molar refractivity (Wildman–Crippen MR) is 107 cm³/mol. The molecule has 144 valence electrons. The number of nitrogens with one attached hydrogen (secondary N) is 2. The van der Waals surface area contributed by atoms with Crippen molar-refractivity contribution in [1.82, 2.24) is 4.98 Å². The van der Waals surface area contributed by atoms with Crippen molar-refractivity contribution >= 4 is 44.8 Å². The molecule has 0 aliphatic carbocycles. The number of benzene rings is 1. The summed E-state index contributed by atoms with van der Waals surface area (Å²) in [6, 6.07) is 10.3. The number of amides is 1. The molecule has 1 aromatic carbocycles. The van der Waals surface area contributed by atoms with Gasteiger partial charge in [0.25, 0.3) is 5.91 Å². The Hall–Kier alpha value is -3.46. The first kappa shape index (κ1) is 19.3. The number of amidine groups is 1. The average molecular weight is 398 g/mol. The summed E-state index contributed by atoms with van der Waals surface area (Å²) in [6.45, 7) is 1.78. The minimum atomic E-state index is -0.473. The molecule has 0 saturated carbocycles. The van der Waals surface area contributed by atoms with Gasteiger partial charge in [-0.1, -0.05) is 12.1 Å². The van der Waals surface area contributed by atoms with E-state index in [9.17, 15) is 9.59 Å². The quantitative estimate of drug-likeness (QED) is 0.319. The number of nitrogens with zero attached hydrogens (tertiary/aromatic N) is 1. The first-order valence-corrected chi connectivity index (χ1v) is 9.21. The molecule has 2 heterocycles. The van der Waals surface area contributed by atoms with Crippen LogP contribution in [-0.4, -0.2) is 35.9 Å². The van der Waals surface area contributed by atoms with Crippen LogP contribution in [0, 0.1) is 5.41 Å². The van der Waals surface area contributed by atoms with Crippen LogP contribution < -0.4 is 15.8 Å². The molecule has 0 bridgehead atoms. The highest BCUT2D eigenvalue weighted by molar-refractivity contribution is 7.20. The molecule has 0 aliphatic rings. The topological polar surface area (TPSA) is 127 Å². The van der Waals surface area contributed by atoms with Gasteiger partial charge in [-0.25, -0.2) is 9.78 Å². The number of carbonyl (C=O) groups is 2. The van der Waals surface area contributed by atoms with Gasteiger partial charge in [0.15, 0.2) is 6.61 Å². The van der Waals surface area contributed by atoms with Crippen LogP contribution in [0.1, 0.15) is 22.2 Å². The number of anilines is 1. The Kier molecular flexibility index (Phi) is 5.85. The van der Waals surface area contributed by atoms with Gasteiger partial charge >= 0.3 is 5.97 Å². The van der Waals surface area contributed by atoms with Crippen molar-refractivity contribution in [2.75, 3.05) is 18.5 Å². The maximum Gasteiger partial charge on any atom is 0.344 e. The van der Waals surface area contributed by atoms with Gasteiger partial charge in [-0.05, 0) is 30.5 Å². The van der Waals surface area contributed by atoms with Crippen LogP contribution in [0.5, 0.6) is 5.88 Å². The van der Waals surface area contributed by atoms with Crippen molar-refractivity contribution in [3.05, 3.63) is 53.0 Å². The third-order valence-electron chi connectivity index (χ3n) is 3.69. The second-order valence-corrected chi connectivity index (χ2v) is 6.79. The number of rotatable bonds is 7. The second-order valence-electron chi connectivity index (χ2n) is 5.71. The standard InChI is InChI=1S/C19H18N4O4S/c1-2-26-17(24)10-27-16-6-5-13(9-22-16)23-19(25)15-7-11-3-4-12(18(20)21)8-14(11)28-15/h3-9H,2,10H2,1H3,(H3,20,21)(H,23,25). The van der Waals surface area contributed by atoms with E-state index in [4.69, 9.17) is 20.6 Å². The zero-order valence-corrected chi connectivity index (χ0v) is 15.8. The summed E-state index contributed by atoms with van der Waals surface area (Å²) in [4.78, 5) is 28.3. The lowest BCUT2D eigenvalue weighted by Gasteiger charge is -2.06. The van der Waals surface area contributed by atoms with E-state index in [1.807, 2.05) is 6.07 Å². The second kappa shape index (κ2) is 8.49. The maximum absolute atomic E-state index is 12.5. The molecule has 8 nitrogen and oxygen atoms in total. The van der Waals surface area contributed by atoms with Crippen LogP contribution in [0.3, 0.4) is 0 Å². The molecule has 0 unspecified atom stereocenters. The highest BCUT2D eigenvalue weighted by atomic mass is 32.1. The Balaban J connectivity index is 1.65. The number of ether oxygens (including phenoxy) is 2. The molecule has 3 rings (SSSR count). The highest BCUT2D eigenvalue weighted by Gasteiger charge is 2.12. The summed E-state index contributed by atoms with van der Waals surface area (Å²) in [5, 5.41) is 11.2. The molecule has 1 amide bonds. The van der Waals surface area contributed by atoms with Gasteiger partial charge in [0, 0.05) is 16.3 Å². The monoisotopic (exact) mass is 398 g/mol. The molecule has 0 saturated heterocycles. The Labute approximate surface area is 164 Å². The van der Waals surface area contributed by atoms with Crippen molar-refractivity contribution in [1.29, 1.82) is 5.41 Å². The van der Waals surface area contributed by atoms with Crippen LogP contribution >= 0.6 is 11.3 Å². The van der Waals surface area contributed by atoms with E-state index in [0.717, 1.165) is 10.1 Å². The molecule has 0 fully saturated rings. The summed E-state index contributed by atoms with van der Waals surface area (Å²) in [6.07, 6.45) is 1.44. The molecule has 0 spiro atoms. The van der Waals surface area contributed by atoms with Crippen molar-refractivity contribution in [2.45, 2.75) is 6.92 Å². The van der Waals surface area contributed by atoms with Gasteiger partial charge in [-0.15, -0.1) is 11.3 Å². The third kappa shape index (κ3) is 4.63. The number of hydrogen-bond donors (Lipinski definition) is 3. The largest absolute Gasteiger partial charge is 0.466 e. The van der Waals surface area contributed by atoms with E-state index in [-0.39, 0.29) is 30.8 Å². The first-order chi connectivity index (χ1) is 13.5. The fourth-order valence-electron chi connectivity index (χ4n) is 2.38. The summed E-state index contributed by atoms with van der Waals surface area (Å²) < 4.78 is 10.9. The number of nitrogens with two attached hydrogens (primary N) is 1. The van der Waals surface area contributed by atoms with E-state index in [1.54, 1.807) is 37.3 Å². The molecule has 28 heavy (non-hydrogen) atoms. The number of fused-ring (bicyclic) bond motifs is 1. The lowest BCUT2D eigenvalue weighted by atomic mass is 10.1. The Bertz CT molecular complexity index is 1030. The van der Waals surface area contributed by atoms with E-state index in [0.29, 0.717) is 16.1 Å². The SMILES string of the molecule is CCOC(=O)COc1ccc(NC(=O)c2cc3ccc(C(=N)N)cc3s2)cn1. The van der Waals surface area contributed by atoms with Crippen LogP contribution in [0.4, 0.5) is 5.69 Å². The summed E-state index contributed by atoms with van der Waals surface area (Å²) >= 11 is 1.31. The van der Waals surface area contributed by atoms with Crippen LogP contribution in [0.25, 0.3) is 10.1 Å². The number of nitrogen functional groups attached to an aromatic ring is 1.